The minimum absolute atomic E-state index is 0.238. The predicted octanol–water partition coefficient (Wildman–Crippen LogP) is 3.00. The zero-order chi connectivity index (χ0) is 13.0. The molecule has 1 heterocycles. The molecule has 0 aromatic heterocycles. The van der Waals surface area contributed by atoms with Gasteiger partial charge in [-0.25, -0.2) is 0 Å². The van der Waals surface area contributed by atoms with Crippen LogP contribution in [-0.4, -0.2) is 29.1 Å². The number of rotatable bonds is 4. The lowest BCUT2D eigenvalue weighted by molar-refractivity contribution is -0.137. The molecule has 0 amide bonds. The monoisotopic (exact) mass is 247 g/mol. The summed E-state index contributed by atoms with van der Waals surface area (Å²) in [6, 6.07) is 9.04. The standard InChI is InChI=1S/C15H21NO2/c1-12-5-7-13(8-6-12)14-4-2-3-10-16(14)11-9-15(17)18/h5-8,14H,2-4,9-11H2,1H3,(H,17,18). The van der Waals surface area contributed by atoms with Gasteiger partial charge in [0.15, 0.2) is 0 Å². The first-order chi connectivity index (χ1) is 8.66. The number of likely N-dealkylation sites (tertiary alicyclic amines) is 1. The molecule has 1 saturated heterocycles. The first-order valence-corrected chi connectivity index (χ1v) is 6.69. The summed E-state index contributed by atoms with van der Waals surface area (Å²) in [4.78, 5) is 13.0. The normalized spacial score (nSPS) is 20.8. The average Bonchev–Trinajstić information content (AvgIpc) is 2.38. The van der Waals surface area contributed by atoms with Crippen LogP contribution >= 0.6 is 0 Å². The van der Waals surface area contributed by atoms with Gasteiger partial charge in [-0.05, 0) is 31.9 Å². The minimum atomic E-state index is -0.705. The van der Waals surface area contributed by atoms with E-state index in [-0.39, 0.29) is 6.42 Å². The summed E-state index contributed by atoms with van der Waals surface area (Å²) in [5, 5.41) is 8.81. The van der Waals surface area contributed by atoms with Gasteiger partial charge in [0, 0.05) is 12.6 Å². The number of hydrogen-bond acceptors (Lipinski definition) is 2. The van der Waals surface area contributed by atoms with Crippen LogP contribution in [0.1, 0.15) is 42.9 Å². The molecule has 18 heavy (non-hydrogen) atoms. The van der Waals surface area contributed by atoms with Crippen molar-refractivity contribution < 1.29 is 9.90 Å². The van der Waals surface area contributed by atoms with Crippen molar-refractivity contribution in [3.05, 3.63) is 35.4 Å². The Hall–Kier alpha value is -1.35. The van der Waals surface area contributed by atoms with E-state index in [0.717, 1.165) is 13.0 Å². The lowest BCUT2D eigenvalue weighted by Crippen LogP contribution is -2.35. The lowest BCUT2D eigenvalue weighted by atomic mass is 9.94. The number of nitrogens with zero attached hydrogens (tertiary/aromatic N) is 1. The van der Waals surface area contributed by atoms with Crippen molar-refractivity contribution >= 4 is 5.97 Å². The van der Waals surface area contributed by atoms with Gasteiger partial charge in [0.2, 0.25) is 0 Å². The molecule has 1 unspecified atom stereocenters. The predicted molar refractivity (Wildman–Crippen MR) is 71.6 cm³/mol. The molecule has 1 aliphatic rings. The third kappa shape index (κ3) is 3.33. The summed E-state index contributed by atoms with van der Waals surface area (Å²) in [5.41, 5.74) is 2.59. The van der Waals surface area contributed by atoms with Crippen molar-refractivity contribution in [2.75, 3.05) is 13.1 Å². The highest BCUT2D eigenvalue weighted by Gasteiger charge is 2.23. The van der Waals surface area contributed by atoms with Crippen molar-refractivity contribution in [2.24, 2.45) is 0 Å². The smallest absolute Gasteiger partial charge is 0.304 e. The maximum Gasteiger partial charge on any atom is 0.304 e. The molecule has 2 rings (SSSR count). The van der Waals surface area contributed by atoms with Crippen LogP contribution in [0, 0.1) is 6.92 Å². The van der Waals surface area contributed by atoms with Crippen LogP contribution in [-0.2, 0) is 4.79 Å². The second-order valence-electron chi connectivity index (χ2n) is 5.10. The van der Waals surface area contributed by atoms with E-state index in [9.17, 15) is 4.79 Å². The maximum atomic E-state index is 10.7. The fourth-order valence-electron chi connectivity index (χ4n) is 2.66. The molecule has 1 aromatic carbocycles. The van der Waals surface area contributed by atoms with Gasteiger partial charge in [-0.3, -0.25) is 9.69 Å². The average molecular weight is 247 g/mol. The number of benzene rings is 1. The number of aliphatic carboxylic acids is 1. The fourth-order valence-corrected chi connectivity index (χ4v) is 2.66. The van der Waals surface area contributed by atoms with E-state index in [1.54, 1.807) is 0 Å². The molecule has 0 spiro atoms. The summed E-state index contributed by atoms with van der Waals surface area (Å²) in [5.74, 6) is -0.705. The first-order valence-electron chi connectivity index (χ1n) is 6.69. The van der Waals surface area contributed by atoms with Crippen molar-refractivity contribution in [1.29, 1.82) is 0 Å². The Kier molecular flexibility index (Phi) is 4.37. The first kappa shape index (κ1) is 13.1. The van der Waals surface area contributed by atoms with Crippen LogP contribution in [0.5, 0.6) is 0 Å². The highest BCUT2D eigenvalue weighted by molar-refractivity contribution is 5.66. The van der Waals surface area contributed by atoms with Gasteiger partial charge in [0.1, 0.15) is 0 Å². The van der Waals surface area contributed by atoms with Gasteiger partial charge < -0.3 is 5.11 Å². The van der Waals surface area contributed by atoms with Gasteiger partial charge in [-0.1, -0.05) is 36.2 Å². The molecular weight excluding hydrogens is 226 g/mol. The Morgan fingerprint density at radius 2 is 2.06 bits per heavy atom. The highest BCUT2D eigenvalue weighted by Crippen LogP contribution is 2.30. The highest BCUT2D eigenvalue weighted by atomic mass is 16.4. The second kappa shape index (κ2) is 6.01. The molecule has 1 N–H and O–H groups in total. The number of carboxylic acid groups (broad SMARTS) is 1. The topological polar surface area (TPSA) is 40.5 Å². The number of piperidine rings is 1. The Labute approximate surface area is 108 Å². The van der Waals surface area contributed by atoms with Crippen molar-refractivity contribution in [3.8, 4) is 0 Å². The summed E-state index contributed by atoms with van der Waals surface area (Å²) in [6.45, 7) is 3.77. The number of carboxylic acids is 1. The van der Waals surface area contributed by atoms with Crippen LogP contribution in [0.2, 0.25) is 0 Å². The largest absolute Gasteiger partial charge is 0.481 e. The zero-order valence-electron chi connectivity index (χ0n) is 10.9. The quantitative estimate of drug-likeness (QED) is 0.889. The summed E-state index contributed by atoms with van der Waals surface area (Å²) < 4.78 is 0. The van der Waals surface area contributed by atoms with Gasteiger partial charge >= 0.3 is 5.97 Å². The SMILES string of the molecule is Cc1ccc(C2CCCCN2CCC(=O)O)cc1. The Bertz CT molecular complexity index is 399. The zero-order valence-corrected chi connectivity index (χ0v) is 10.9. The number of hydrogen-bond donors (Lipinski definition) is 1. The molecule has 3 heteroatoms. The third-order valence-electron chi connectivity index (χ3n) is 3.69. The summed E-state index contributed by atoms with van der Waals surface area (Å²) in [7, 11) is 0. The van der Waals surface area contributed by atoms with Crippen LogP contribution in [0.15, 0.2) is 24.3 Å². The van der Waals surface area contributed by atoms with E-state index in [1.807, 2.05) is 0 Å². The summed E-state index contributed by atoms with van der Waals surface area (Å²) in [6.07, 6.45) is 3.80. The number of carbonyl (C=O) groups is 1. The molecule has 0 bridgehead atoms. The summed E-state index contributed by atoms with van der Waals surface area (Å²) >= 11 is 0. The van der Waals surface area contributed by atoms with Crippen molar-refractivity contribution in [3.63, 3.8) is 0 Å². The molecular formula is C15H21NO2. The van der Waals surface area contributed by atoms with Crippen molar-refractivity contribution in [1.82, 2.24) is 4.90 Å². The Morgan fingerprint density at radius 3 is 2.72 bits per heavy atom. The molecule has 0 aliphatic carbocycles. The lowest BCUT2D eigenvalue weighted by Gasteiger charge is -2.35. The van der Waals surface area contributed by atoms with E-state index in [4.69, 9.17) is 5.11 Å². The molecule has 1 aromatic rings. The van der Waals surface area contributed by atoms with Crippen LogP contribution in [0.25, 0.3) is 0 Å². The molecule has 1 aliphatic heterocycles. The molecule has 0 radical (unpaired) electrons. The number of aryl methyl sites for hydroxylation is 1. The second-order valence-corrected chi connectivity index (χ2v) is 5.10. The Morgan fingerprint density at radius 1 is 1.33 bits per heavy atom. The van der Waals surface area contributed by atoms with E-state index < -0.39 is 5.97 Å². The van der Waals surface area contributed by atoms with E-state index in [2.05, 4.69) is 36.1 Å². The van der Waals surface area contributed by atoms with E-state index >= 15 is 0 Å². The third-order valence-corrected chi connectivity index (χ3v) is 3.69. The molecule has 3 nitrogen and oxygen atoms in total. The van der Waals surface area contributed by atoms with Gasteiger partial charge in [0.05, 0.1) is 6.42 Å². The van der Waals surface area contributed by atoms with Gasteiger partial charge in [0.25, 0.3) is 0 Å². The van der Waals surface area contributed by atoms with E-state index in [0.29, 0.717) is 12.6 Å². The van der Waals surface area contributed by atoms with Crippen LogP contribution < -0.4 is 0 Å². The van der Waals surface area contributed by atoms with Crippen molar-refractivity contribution in [2.45, 2.75) is 38.6 Å². The van der Waals surface area contributed by atoms with E-state index in [1.165, 1.54) is 24.0 Å². The van der Waals surface area contributed by atoms with Gasteiger partial charge in [-0.15, -0.1) is 0 Å². The maximum absolute atomic E-state index is 10.7. The van der Waals surface area contributed by atoms with Crippen LogP contribution in [0.3, 0.4) is 0 Å². The molecule has 98 valence electrons. The molecule has 1 fully saturated rings. The van der Waals surface area contributed by atoms with Gasteiger partial charge in [-0.2, -0.15) is 0 Å². The molecule has 0 saturated carbocycles. The Balaban J connectivity index is 2.07. The molecule has 1 atom stereocenters. The fraction of sp³-hybridized carbons (Fsp3) is 0.533. The minimum Gasteiger partial charge on any atom is -0.481 e. The van der Waals surface area contributed by atoms with Crippen LogP contribution in [0.4, 0.5) is 0 Å².